The third-order valence-electron chi connectivity index (χ3n) is 2.85. The van der Waals surface area contributed by atoms with E-state index in [1.807, 2.05) is 36.4 Å². The van der Waals surface area contributed by atoms with Gasteiger partial charge in [-0.1, -0.05) is 63.4 Å². The molecule has 0 saturated carbocycles. The fourth-order valence-electron chi connectivity index (χ4n) is 2.01. The molecule has 0 bridgehead atoms. The summed E-state index contributed by atoms with van der Waals surface area (Å²) in [6, 6.07) is 13.5. The molecule has 1 nitrogen and oxygen atoms in total. The van der Waals surface area contributed by atoms with Crippen molar-refractivity contribution < 1.29 is 4.79 Å². The van der Waals surface area contributed by atoms with Crippen molar-refractivity contribution in [3.8, 4) is 0 Å². The molecule has 0 amide bonds. The minimum atomic E-state index is 0.0555. The molecule has 0 aliphatic carbocycles. The van der Waals surface area contributed by atoms with Crippen LogP contribution in [0.2, 0.25) is 0 Å². The number of benzene rings is 2. The van der Waals surface area contributed by atoms with Crippen LogP contribution in [0.15, 0.2) is 51.4 Å². The summed E-state index contributed by atoms with van der Waals surface area (Å²) in [4.78, 5) is 12.5. The summed E-state index contributed by atoms with van der Waals surface area (Å²) >= 11 is 6.82. The Morgan fingerprint density at radius 3 is 2.32 bits per heavy atom. The van der Waals surface area contributed by atoms with Crippen LogP contribution < -0.4 is 0 Å². The Labute approximate surface area is 130 Å². The molecule has 19 heavy (non-hydrogen) atoms. The first-order valence-corrected chi connectivity index (χ1v) is 7.78. The quantitative estimate of drug-likeness (QED) is 0.648. The Morgan fingerprint density at radius 2 is 1.68 bits per heavy atom. The zero-order valence-electron chi connectivity index (χ0n) is 10.6. The van der Waals surface area contributed by atoms with Crippen molar-refractivity contribution in [1.82, 2.24) is 0 Å². The smallest absolute Gasteiger partial charge is 0.193 e. The second-order valence-electron chi connectivity index (χ2n) is 4.44. The van der Waals surface area contributed by atoms with Gasteiger partial charge in [-0.3, -0.25) is 4.79 Å². The number of aryl methyl sites for hydroxylation is 1. The third kappa shape index (κ3) is 3.77. The zero-order valence-corrected chi connectivity index (χ0v) is 13.8. The van der Waals surface area contributed by atoms with E-state index in [0.717, 1.165) is 27.4 Å². The number of ketones is 1. The van der Waals surface area contributed by atoms with Gasteiger partial charge >= 0.3 is 0 Å². The van der Waals surface area contributed by atoms with Crippen molar-refractivity contribution in [2.45, 2.75) is 19.8 Å². The summed E-state index contributed by atoms with van der Waals surface area (Å²) < 4.78 is 1.80. The second-order valence-corrected chi connectivity index (χ2v) is 6.27. The highest BCUT2D eigenvalue weighted by molar-refractivity contribution is 9.11. The maximum Gasteiger partial charge on any atom is 0.193 e. The lowest BCUT2D eigenvalue weighted by molar-refractivity contribution is 0.103. The maximum absolute atomic E-state index is 12.5. The van der Waals surface area contributed by atoms with E-state index >= 15 is 0 Å². The molecule has 98 valence electrons. The van der Waals surface area contributed by atoms with Crippen LogP contribution in [0.25, 0.3) is 0 Å². The van der Waals surface area contributed by atoms with Gasteiger partial charge < -0.3 is 0 Å². The first-order chi connectivity index (χ1) is 9.10. The molecular weight excluding hydrogens is 368 g/mol. The van der Waals surface area contributed by atoms with Gasteiger partial charge in [-0.2, -0.15) is 0 Å². The SMILES string of the molecule is CCCc1cccc(C(=O)c2cc(Br)cc(Br)c2)c1. The Kier molecular flexibility index (Phi) is 4.94. The molecule has 0 aromatic heterocycles. The predicted octanol–water partition coefficient (Wildman–Crippen LogP) is 5.40. The summed E-state index contributed by atoms with van der Waals surface area (Å²) in [6.07, 6.45) is 2.09. The van der Waals surface area contributed by atoms with Crippen molar-refractivity contribution in [3.05, 3.63) is 68.1 Å². The Hall–Kier alpha value is -0.930. The molecule has 0 aliphatic heterocycles. The summed E-state index contributed by atoms with van der Waals surface area (Å²) in [5.74, 6) is 0.0555. The Morgan fingerprint density at radius 1 is 1.00 bits per heavy atom. The van der Waals surface area contributed by atoms with Crippen LogP contribution in [0.3, 0.4) is 0 Å². The normalized spacial score (nSPS) is 10.5. The molecule has 0 fully saturated rings. The van der Waals surface area contributed by atoms with Gasteiger partial charge in [0.25, 0.3) is 0 Å². The molecule has 0 radical (unpaired) electrons. The molecular formula is C16H14Br2O. The second kappa shape index (κ2) is 6.49. The van der Waals surface area contributed by atoms with Crippen LogP contribution in [-0.4, -0.2) is 5.78 Å². The van der Waals surface area contributed by atoms with Gasteiger partial charge in [0.2, 0.25) is 0 Å². The van der Waals surface area contributed by atoms with Crippen LogP contribution in [0.1, 0.15) is 34.8 Å². The highest BCUT2D eigenvalue weighted by Crippen LogP contribution is 2.22. The minimum absolute atomic E-state index is 0.0555. The average Bonchev–Trinajstić information content (AvgIpc) is 2.37. The molecule has 0 aliphatic rings. The molecule has 2 aromatic rings. The fraction of sp³-hybridized carbons (Fsp3) is 0.188. The van der Waals surface area contributed by atoms with E-state index in [0.29, 0.717) is 5.56 Å². The van der Waals surface area contributed by atoms with E-state index in [2.05, 4.69) is 44.8 Å². The van der Waals surface area contributed by atoms with Gasteiger partial charge in [0, 0.05) is 20.1 Å². The van der Waals surface area contributed by atoms with Gasteiger partial charge in [-0.05, 0) is 36.2 Å². The summed E-state index contributed by atoms with van der Waals surface area (Å²) in [5, 5.41) is 0. The monoisotopic (exact) mass is 380 g/mol. The Balaban J connectivity index is 2.35. The largest absolute Gasteiger partial charge is 0.289 e. The highest BCUT2D eigenvalue weighted by Gasteiger charge is 2.11. The molecule has 0 heterocycles. The Bertz CT molecular complexity index is 585. The predicted molar refractivity (Wildman–Crippen MR) is 85.7 cm³/mol. The lowest BCUT2D eigenvalue weighted by Crippen LogP contribution is -2.02. The van der Waals surface area contributed by atoms with Gasteiger partial charge in [-0.15, -0.1) is 0 Å². The van der Waals surface area contributed by atoms with E-state index in [1.54, 1.807) is 0 Å². The van der Waals surface area contributed by atoms with E-state index in [4.69, 9.17) is 0 Å². The zero-order chi connectivity index (χ0) is 13.8. The van der Waals surface area contributed by atoms with Crippen LogP contribution >= 0.6 is 31.9 Å². The van der Waals surface area contributed by atoms with Crippen LogP contribution in [0, 0.1) is 0 Å². The average molecular weight is 382 g/mol. The molecule has 0 saturated heterocycles. The van der Waals surface area contributed by atoms with Gasteiger partial charge in [0.05, 0.1) is 0 Å². The fourth-order valence-corrected chi connectivity index (χ4v) is 3.30. The van der Waals surface area contributed by atoms with Crippen molar-refractivity contribution >= 4 is 37.6 Å². The molecule has 0 N–H and O–H groups in total. The lowest BCUT2D eigenvalue weighted by atomic mass is 10.00. The number of rotatable bonds is 4. The summed E-state index contributed by atoms with van der Waals surface area (Å²) in [5.41, 5.74) is 2.65. The van der Waals surface area contributed by atoms with E-state index in [9.17, 15) is 4.79 Å². The van der Waals surface area contributed by atoms with Crippen molar-refractivity contribution in [2.24, 2.45) is 0 Å². The number of carbonyl (C=O) groups excluding carboxylic acids is 1. The lowest BCUT2D eigenvalue weighted by Gasteiger charge is -2.05. The first-order valence-electron chi connectivity index (χ1n) is 6.20. The van der Waals surface area contributed by atoms with Crippen molar-refractivity contribution in [3.63, 3.8) is 0 Å². The van der Waals surface area contributed by atoms with Crippen molar-refractivity contribution in [1.29, 1.82) is 0 Å². The molecule has 0 spiro atoms. The van der Waals surface area contributed by atoms with E-state index in [1.165, 1.54) is 5.56 Å². The third-order valence-corrected chi connectivity index (χ3v) is 3.77. The summed E-state index contributed by atoms with van der Waals surface area (Å²) in [6.45, 7) is 2.14. The molecule has 2 rings (SSSR count). The highest BCUT2D eigenvalue weighted by atomic mass is 79.9. The maximum atomic E-state index is 12.5. The van der Waals surface area contributed by atoms with Gasteiger partial charge in [-0.25, -0.2) is 0 Å². The first kappa shape index (κ1) is 14.5. The molecule has 2 aromatic carbocycles. The summed E-state index contributed by atoms with van der Waals surface area (Å²) in [7, 11) is 0. The standard InChI is InChI=1S/C16H14Br2O/c1-2-4-11-5-3-6-12(7-11)16(19)13-8-14(17)10-15(18)9-13/h3,5-10H,2,4H2,1H3. The van der Waals surface area contributed by atoms with Gasteiger partial charge in [0.15, 0.2) is 5.78 Å². The molecule has 0 atom stereocenters. The number of hydrogen-bond acceptors (Lipinski definition) is 1. The van der Waals surface area contributed by atoms with E-state index in [-0.39, 0.29) is 5.78 Å². The van der Waals surface area contributed by atoms with Crippen molar-refractivity contribution in [2.75, 3.05) is 0 Å². The minimum Gasteiger partial charge on any atom is -0.289 e. The number of halogens is 2. The molecule has 0 unspecified atom stereocenters. The van der Waals surface area contributed by atoms with Crippen LogP contribution in [0.5, 0.6) is 0 Å². The topological polar surface area (TPSA) is 17.1 Å². The number of hydrogen-bond donors (Lipinski definition) is 0. The molecule has 3 heteroatoms. The van der Waals surface area contributed by atoms with Crippen LogP contribution in [0.4, 0.5) is 0 Å². The number of carbonyl (C=O) groups is 1. The van der Waals surface area contributed by atoms with Crippen LogP contribution in [-0.2, 0) is 6.42 Å². The van der Waals surface area contributed by atoms with E-state index < -0.39 is 0 Å². The van der Waals surface area contributed by atoms with Gasteiger partial charge in [0.1, 0.15) is 0 Å².